The van der Waals surface area contributed by atoms with Gasteiger partial charge in [0, 0.05) is 18.3 Å². The van der Waals surface area contributed by atoms with Gasteiger partial charge in [0.25, 0.3) is 0 Å². The lowest BCUT2D eigenvalue weighted by molar-refractivity contribution is 0.190. The highest BCUT2D eigenvalue weighted by Gasteiger charge is 2.26. The summed E-state index contributed by atoms with van der Waals surface area (Å²) in [4.78, 5) is 2.45. The zero-order valence-corrected chi connectivity index (χ0v) is 16.3. The van der Waals surface area contributed by atoms with Crippen molar-refractivity contribution in [2.45, 2.75) is 32.5 Å². The Hall–Kier alpha value is -2.44. The molecule has 6 heteroatoms. The first-order valence-electron chi connectivity index (χ1n) is 9.43. The molecular weight excluding hydrogens is 356 g/mol. The van der Waals surface area contributed by atoms with E-state index in [4.69, 9.17) is 17.0 Å². The van der Waals surface area contributed by atoms with Crippen LogP contribution in [0.15, 0.2) is 60.9 Å². The minimum Gasteiger partial charge on any atom is -0.494 e. The number of rotatable bonds is 6. The monoisotopic (exact) mass is 380 g/mol. The van der Waals surface area contributed by atoms with E-state index in [1.165, 1.54) is 12.0 Å². The third-order valence-corrected chi connectivity index (χ3v) is 5.43. The fourth-order valence-corrected chi connectivity index (χ4v) is 3.96. The van der Waals surface area contributed by atoms with Gasteiger partial charge < -0.3 is 4.74 Å². The normalized spacial score (nSPS) is 17.3. The van der Waals surface area contributed by atoms with Gasteiger partial charge in [-0.05, 0) is 61.8 Å². The minimum absolute atomic E-state index is 0.393. The van der Waals surface area contributed by atoms with Crippen molar-refractivity contribution in [3.05, 3.63) is 71.3 Å². The average molecular weight is 381 g/mol. The molecule has 0 spiro atoms. The van der Waals surface area contributed by atoms with Crippen LogP contribution in [0.3, 0.4) is 0 Å². The van der Waals surface area contributed by atoms with Crippen LogP contribution in [0.4, 0.5) is 0 Å². The average Bonchev–Trinajstić information content (AvgIpc) is 3.31. The molecule has 5 nitrogen and oxygen atoms in total. The third-order valence-electron chi connectivity index (χ3n) is 5.02. The maximum absolute atomic E-state index is 5.66. The van der Waals surface area contributed by atoms with E-state index in [9.17, 15) is 0 Å². The van der Waals surface area contributed by atoms with Gasteiger partial charge in [0.2, 0.25) is 4.77 Å². The molecule has 0 amide bonds. The van der Waals surface area contributed by atoms with Gasteiger partial charge in [-0.3, -0.25) is 9.47 Å². The zero-order chi connectivity index (χ0) is 18.6. The molecule has 3 aromatic rings. The van der Waals surface area contributed by atoms with Gasteiger partial charge in [-0.25, -0.2) is 4.68 Å². The van der Waals surface area contributed by atoms with Crippen molar-refractivity contribution in [2.75, 3.05) is 13.2 Å². The van der Waals surface area contributed by atoms with Gasteiger partial charge in [-0.2, -0.15) is 5.10 Å². The van der Waals surface area contributed by atoms with Gasteiger partial charge in [-0.1, -0.05) is 30.3 Å². The second kappa shape index (κ2) is 8.06. The molecule has 4 rings (SSSR count). The lowest BCUT2D eigenvalue weighted by atomic mass is 10.0. The van der Waals surface area contributed by atoms with E-state index in [1.807, 2.05) is 46.5 Å². The summed E-state index contributed by atoms with van der Waals surface area (Å²) in [6, 6.07) is 19.0. The first-order valence-corrected chi connectivity index (χ1v) is 9.84. The lowest BCUT2D eigenvalue weighted by Gasteiger charge is -2.24. The first kappa shape index (κ1) is 17.9. The van der Waals surface area contributed by atoms with Crippen LogP contribution >= 0.6 is 12.2 Å². The van der Waals surface area contributed by atoms with E-state index < -0.39 is 0 Å². The summed E-state index contributed by atoms with van der Waals surface area (Å²) in [5.74, 6) is 0.926. The van der Waals surface area contributed by atoms with E-state index in [2.05, 4.69) is 34.3 Å². The van der Waals surface area contributed by atoms with Crippen LogP contribution in [-0.4, -0.2) is 32.4 Å². The molecule has 140 valence electrons. The SMILES string of the molecule is CCOc1ccc([C@H]2CCCN2Cn2ncn(-c3ccccc3)c2=S)cc1. The topological polar surface area (TPSA) is 35.2 Å². The molecule has 2 aromatic carbocycles. The van der Waals surface area contributed by atoms with Gasteiger partial charge in [-0.15, -0.1) is 0 Å². The van der Waals surface area contributed by atoms with Gasteiger partial charge in [0.15, 0.2) is 0 Å². The Morgan fingerprint density at radius 1 is 1.11 bits per heavy atom. The highest BCUT2D eigenvalue weighted by Crippen LogP contribution is 2.33. The van der Waals surface area contributed by atoms with Crippen LogP contribution in [0, 0.1) is 4.77 Å². The first-order chi connectivity index (χ1) is 13.3. The summed E-state index contributed by atoms with van der Waals surface area (Å²) in [7, 11) is 0. The number of para-hydroxylation sites is 1. The summed E-state index contributed by atoms with van der Waals surface area (Å²) in [6.45, 7) is 4.45. The van der Waals surface area contributed by atoms with Gasteiger partial charge >= 0.3 is 0 Å². The Bertz CT molecular complexity index is 933. The standard InChI is InChI=1S/C21H24N4OS/c1-2-26-19-12-10-17(11-13-19)20-9-6-14-23(20)16-25-21(27)24(15-22-25)18-7-4-3-5-8-18/h3-5,7-8,10-13,15,20H,2,6,9,14,16H2,1H3/t20-/m1/s1. The molecule has 1 fully saturated rings. The van der Waals surface area contributed by atoms with Gasteiger partial charge in [0.1, 0.15) is 12.1 Å². The molecule has 1 aliphatic heterocycles. The molecule has 0 N–H and O–H groups in total. The van der Waals surface area contributed by atoms with Gasteiger partial charge in [0.05, 0.1) is 13.3 Å². The number of nitrogens with zero attached hydrogens (tertiary/aromatic N) is 4. The van der Waals surface area contributed by atoms with Crippen LogP contribution in [0.25, 0.3) is 5.69 Å². The second-order valence-electron chi connectivity index (χ2n) is 6.73. The van der Waals surface area contributed by atoms with E-state index in [-0.39, 0.29) is 0 Å². The molecule has 0 bridgehead atoms. The number of ether oxygens (including phenoxy) is 1. The molecule has 1 saturated heterocycles. The van der Waals surface area contributed by atoms with Crippen LogP contribution in [0.5, 0.6) is 5.75 Å². The maximum Gasteiger partial charge on any atom is 0.203 e. The predicted molar refractivity (Wildman–Crippen MR) is 109 cm³/mol. The van der Waals surface area contributed by atoms with E-state index in [0.717, 1.165) is 29.2 Å². The Morgan fingerprint density at radius 2 is 1.89 bits per heavy atom. The fourth-order valence-electron chi connectivity index (χ4n) is 3.70. The predicted octanol–water partition coefficient (Wildman–Crippen LogP) is 4.60. The third kappa shape index (κ3) is 3.82. The molecule has 0 radical (unpaired) electrons. The molecule has 2 heterocycles. The summed E-state index contributed by atoms with van der Waals surface area (Å²) < 4.78 is 10.2. The molecule has 1 atom stereocenters. The van der Waals surface area contributed by atoms with Crippen LogP contribution < -0.4 is 4.74 Å². The summed E-state index contributed by atoms with van der Waals surface area (Å²) >= 11 is 5.66. The summed E-state index contributed by atoms with van der Waals surface area (Å²) in [6.07, 6.45) is 4.14. The Morgan fingerprint density at radius 3 is 2.63 bits per heavy atom. The number of likely N-dealkylation sites (tertiary alicyclic amines) is 1. The summed E-state index contributed by atoms with van der Waals surface area (Å²) in [5.41, 5.74) is 2.36. The molecule has 0 unspecified atom stereocenters. The Labute approximate surface area is 164 Å². The molecular formula is C21H24N4OS. The highest BCUT2D eigenvalue weighted by molar-refractivity contribution is 7.71. The molecule has 1 aromatic heterocycles. The zero-order valence-electron chi connectivity index (χ0n) is 15.5. The van der Waals surface area contributed by atoms with Crippen molar-refractivity contribution in [1.29, 1.82) is 0 Å². The molecule has 0 aliphatic carbocycles. The number of hydrogen-bond donors (Lipinski definition) is 0. The Balaban J connectivity index is 1.52. The fraction of sp³-hybridized carbons (Fsp3) is 0.333. The van der Waals surface area contributed by atoms with Crippen molar-refractivity contribution in [3.8, 4) is 11.4 Å². The number of hydrogen-bond acceptors (Lipinski definition) is 4. The van der Waals surface area contributed by atoms with Crippen LogP contribution in [-0.2, 0) is 6.67 Å². The van der Waals surface area contributed by atoms with Crippen molar-refractivity contribution in [1.82, 2.24) is 19.2 Å². The smallest absolute Gasteiger partial charge is 0.203 e. The van der Waals surface area contributed by atoms with Crippen molar-refractivity contribution in [2.24, 2.45) is 0 Å². The van der Waals surface area contributed by atoms with Crippen molar-refractivity contribution in [3.63, 3.8) is 0 Å². The maximum atomic E-state index is 5.66. The quantitative estimate of drug-likeness (QED) is 0.586. The molecule has 1 aliphatic rings. The van der Waals surface area contributed by atoms with E-state index in [1.54, 1.807) is 6.33 Å². The number of benzene rings is 2. The van der Waals surface area contributed by atoms with Crippen LogP contribution in [0.2, 0.25) is 0 Å². The number of aromatic nitrogens is 3. The molecule has 27 heavy (non-hydrogen) atoms. The summed E-state index contributed by atoms with van der Waals surface area (Å²) in [5, 5.41) is 4.54. The molecule has 0 saturated carbocycles. The van der Waals surface area contributed by atoms with Crippen molar-refractivity contribution < 1.29 is 4.74 Å². The second-order valence-corrected chi connectivity index (χ2v) is 7.10. The van der Waals surface area contributed by atoms with Crippen LogP contribution in [0.1, 0.15) is 31.4 Å². The van der Waals surface area contributed by atoms with E-state index in [0.29, 0.717) is 19.3 Å². The minimum atomic E-state index is 0.393. The van der Waals surface area contributed by atoms with E-state index >= 15 is 0 Å². The van der Waals surface area contributed by atoms with Crippen molar-refractivity contribution >= 4 is 12.2 Å². The lowest BCUT2D eigenvalue weighted by Crippen LogP contribution is -2.27. The largest absolute Gasteiger partial charge is 0.494 e. The Kier molecular flexibility index (Phi) is 5.36. The highest BCUT2D eigenvalue weighted by atomic mass is 32.1.